The molecule has 0 aromatic heterocycles. The standard InChI is InChI=1S/C9H7NS/c10-6-9(7-11)8-4-2-1-3-5-8/h1-5,7,10H. The molecule has 0 aliphatic rings. The van der Waals surface area contributed by atoms with Gasteiger partial charge in [-0.2, -0.15) is 0 Å². The van der Waals surface area contributed by atoms with Gasteiger partial charge in [0.05, 0.1) is 5.57 Å². The van der Waals surface area contributed by atoms with Gasteiger partial charge in [-0.3, -0.25) is 5.41 Å². The molecule has 0 aliphatic heterocycles. The minimum atomic E-state index is 0.653. The maximum atomic E-state index is 6.91. The van der Waals surface area contributed by atoms with E-state index < -0.39 is 0 Å². The van der Waals surface area contributed by atoms with Crippen molar-refractivity contribution in [2.75, 3.05) is 0 Å². The molecular weight excluding hydrogens is 154 g/mol. The molecular formula is C9H7NS. The third-order valence-corrected chi connectivity index (χ3v) is 1.57. The number of benzene rings is 1. The first-order chi connectivity index (χ1) is 5.38. The smallest absolute Gasteiger partial charge is 0.0533 e. The van der Waals surface area contributed by atoms with Gasteiger partial charge in [0, 0.05) is 5.37 Å². The Morgan fingerprint density at radius 3 is 2.45 bits per heavy atom. The van der Waals surface area contributed by atoms with Crippen LogP contribution in [-0.4, -0.2) is 11.2 Å². The van der Waals surface area contributed by atoms with Crippen LogP contribution in [0.25, 0.3) is 5.57 Å². The summed E-state index contributed by atoms with van der Waals surface area (Å²) in [6.07, 6.45) is 0. The van der Waals surface area contributed by atoms with Crippen molar-refractivity contribution in [1.29, 1.82) is 5.41 Å². The second kappa shape index (κ2) is 3.81. The molecule has 0 fully saturated rings. The summed E-state index contributed by atoms with van der Waals surface area (Å²) >= 11 is 4.71. The second-order valence-electron chi connectivity index (χ2n) is 2.02. The molecule has 0 unspecified atom stereocenters. The van der Waals surface area contributed by atoms with E-state index in [1.807, 2.05) is 30.3 Å². The molecule has 1 rings (SSSR count). The Kier molecular flexibility index (Phi) is 2.73. The van der Waals surface area contributed by atoms with Crippen LogP contribution in [0.3, 0.4) is 0 Å². The average molecular weight is 161 g/mol. The van der Waals surface area contributed by atoms with Crippen LogP contribution >= 0.6 is 12.2 Å². The maximum absolute atomic E-state index is 6.91. The maximum Gasteiger partial charge on any atom is 0.0533 e. The number of hydrogen-bond acceptors (Lipinski definition) is 2. The van der Waals surface area contributed by atoms with Crippen LogP contribution in [-0.2, 0) is 0 Å². The molecule has 0 amide bonds. The molecule has 1 nitrogen and oxygen atoms in total. The Morgan fingerprint density at radius 1 is 1.36 bits per heavy atom. The lowest BCUT2D eigenvalue weighted by molar-refractivity contribution is 1.59. The van der Waals surface area contributed by atoms with Crippen LogP contribution in [0.1, 0.15) is 5.56 Å². The van der Waals surface area contributed by atoms with Crippen LogP contribution in [0.5, 0.6) is 0 Å². The molecule has 0 bridgehead atoms. The van der Waals surface area contributed by atoms with Crippen LogP contribution in [0.2, 0.25) is 0 Å². The highest BCUT2D eigenvalue weighted by molar-refractivity contribution is 7.79. The van der Waals surface area contributed by atoms with Gasteiger partial charge in [0.2, 0.25) is 0 Å². The SMILES string of the molecule is N=C=C(C=S)c1ccccc1. The van der Waals surface area contributed by atoms with E-state index in [1.54, 1.807) is 0 Å². The zero-order valence-electron chi connectivity index (χ0n) is 5.87. The molecule has 1 aromatic carbocycles. The first-order valence-corrected chi connectivity index (χ1v) is 3.66. The van der Waals surface area contributed by atoms with E-state index in [9.17, 15) is 0 Å². The number of thiocarbonyl (C=S) groups is 1. The Balaban J connectivity index is 3.11. The van der Waals surface area contributed by atoms with Crippen LogP contribution in [0.15, 0.2) is 30.3 Å². The van der Waals surface area contributed by atoms with Gasteiger partial charge in [-0.15, -0.1) is 0 Å². The molecule has 54 valence electrons. The lowest BCUT2D eigenvalue weighted by atomic mass is 10.1. The first kappa shape index (κ1) is 7.86. The minimum absolute atomic E-state index is 0.653. The summed E-state index contributed by atoms with van der Waals surface area (Å²) in [4.78, 5) is 0. The van der Waals surface area contributed by atoms with Gasteiger partial charge < -0.3 is 0 Å². The van der Waals surface area contributed by atoms with Crippen molar-refractivity contribution in [3.8, 4) is 0 Å². The van der Waals surface area contributed by atoms with Gasteiger partial charge >= 0.3 is 0 Å². The van der Waals surface area contributed by atoms with Crippen molar-refractivity contribution in [2.45, 2.75) is 0 Å². The summed E-state index contributed by atoms with van der Waals surface area (Å²) in [6, 6.07) is 9.55. The molecule has 0 saturated carbocycles. The van der Waals surface area contributed by atoms with Gasteiger partial charge in [0.1, 0.15) is 0 Å². The number of rotatable bonds is 2. The van der Waals surface area contributed by atoms with E-state index in [1.165, 1.54) is 5.37 Å². The van der Waals surface area contributed by atoms with E-state index >= 15 is 0 Å². The van der Waals surface area contributed by atoms with Crippen LogP contribution < -0.4 is 0 Å². The van der Waals surface area contributed by atoms with Crippen molar-refractivity contribution >= 4 is 29.0 Å². The Hall–Kier alpha value is -1.24. The van der Waals surface area contributed by atoms with Crippen molar-refractivity contribution in [3.63, 3.8) is 0 Å². The first-order valence-electron chi connectivity index (χ1n) is 3.19. The molecule has 0 aliphatic carbocycles. The molecule has 0 radical (unpaired) electrons. The molecule has 11 heavy (non-hydrogen) atoms. The topological polar surface area (TPSA) is 23.9 Å². The van der Waals surface area contributed by atoms with Crippen LogP contribution in [0.4, 0.5) is 0 Å². The fraction of sp³-hybridized carbons (Fsp3) is 0. The predicted octanol–water partition coefficient (Wildman–Crippen LogP) is 2.32. The van der Waals surface area contributed by atoms with E-state index in [0.717, 1.165) is 5.56 Å². The fourth-order valence-electron chi connectivity index (χ4n) is 0.787. The lowest BCUT2D eigenvalue weighted by Crippen LogP contribution is -1.82. The minimum Gasteiger partial charge on any atom is -0.258 e. The molecule has 0 saturated heterocycles. The van der Waals surface area contributed by atoms with Gasteiger partial charge in [-0.05, 0) is 11.4 Å². The summed E-state index contributed by atoms with van der Waals surface area (Å²) < 4.78 is 0. The van der Waals surface area contributed by atoms with Gasteiger partial charge in [0.15, 0.2) is 0 Å². The van der Waals surface area contributed by atoms with Crippen molar-refractivity contribution in [3.05, 3.63) is 35.9 Å². The highest BCUT2D eigenvalue weighted by atomic mass is 32.1. The summed E-state index contributed by atoms with van der Waals surface area (Å²) in [6.45, 7) is 0. The summed E-state index contributed by atoms with van der Waals surface area (Å²) in [5.74, 6) is 2.27. The van der Waals surface area contributed by atoms with Crippen LogP contribution in [0, 0.1) is 5.41 Å². The monoisotopic (exact) mass is 161 g/mol. The number of hydrogen-bond donors (Lipinski definition) is 1. The van der Waals surface area contributed by atoms with Gasteiger partial charge in [-0.1, -0.05) is 42.5 Å². The van der Waals surface area contributed by atoms with E-state index in [0.29, 0.717) is 5.57 Å². The average Bonchev–Trinajstić information content (AvgIpc) is 2.09. The van der Waals surface area contributed by atoms with E-state index in [2.05, 4.69) is 5.87 Å². The van der Waals surface area contributed by atoms with Crippen molar-refractivity contribution in [1.82, 2.24) is 0 Å². The fourth-order valence-corrected chi connectivity index (χ4v) is 0.982. The molecule has 0 spiro atoms. The normalized spacial score (nSPS) is 8.36. The quantitative estimate of drug-likeness (QED) is 0.401. The second-order valence-corrected chi connectivity index (χ2v) is 2.26. The summed E-state index contributed by atoms with van der Waals surface area (Å²) in [5.41, 5.74) is 1.60. The number of nitrogens with one attached hydrogen (secondary N) is 1. The molecule has 2 heteroatoms. The largest absolute Gasteiger partial charge is 0.258 e. The number of allylic oxidation sites excluding steroid dienone is 1. The summed E-state index contributed by atoms with van der Waals surface area (Å²) in [5, 5.41) is 8.37. The Morgan fingerprint density at radius 2 is 2.00 bits per heavy atom. The lowest BCUT2D eigenvalue weighted by Gasteiger charge is -1.94. The van der Waals surface area contributed by atoms with Gasteiger partial charge in [0.25, 0.3) is 0 Å². The Labute approximate surface area is 70.9 Å². The van der Waals surface area contributed by atoms with Crippen molar-refractivity contribution in [2.24, 2.45) is 0 Å². The molecule has 0 heterocycles. The van der Waals surface area contributed by atoms with E-state index in [4.69, 9.17) is 17.6 Å². The summed E-state index contributed by atoms with van der Waals surface area (Å²) in [7, 11) is 0. The Bertz CT molecular complexity index is 297. The predicted molar refractivity (Wildman–Crippen MR) is 51.2 cm³/mol. The highest BCUT2D eigenvalue weighted by Gasteiger charge is 1.93. The third kappa shape index (κ3) is 1.84. The zero-order valence-corrected chi connectivity index (χ0v) is 6.69. The highest BCUT2D eigenvalue weighted by Crippen LogP contribution is 2.07. The molecule has 0 atom stereocenters. The zero-order chi connectivity index (χ0) is 8.10. The van der Waals surface area contributed by atoms with Crippen molar-refractivity contribution < 1.29 is 0 Å². The third-order valence-electron chi connectivity index (χ3n) is 1.34. The van der Waals surface area contributed by atoms with Gasteiger partial charge in [-0.25, -0.2) is 0 Å². The van der Waals surface area contributed by atoms with E-state index in [-0.39, 0.29) is 0 Å². The molecule has 1 aromatic rings. The molecule has 1 N–H and O–H groups in total.